The third-order valence-corrected chi connectivity index (χ3v) is 2.79. The van der Waals surface area contributed by atoms with Crippen LogP contribution in [-0.2, 0) is 6.54 Å². The molecule has 0 spiro atoms. The van der Waals surface area contributed by atoms with Crippen LogP contribution >= 0.6 is 0 Å². The third-order valence-electron chi connectivity index (χ3n) is 2.79. The van der Waals surface area contributed by atoms with Gasteiger partial charge in [-0.2, -0.15) is 4.98 Å². The Hall–Kier alpha value is -2.28. The normalized spacial score (nSPS) is 11.0. The predicted octanol–water partition coefficient (Wildman–Crippen LogP) is 2.45. The molecule has 20 heavy (non-hydrogen) atoms. The molecule has 1 aromatic carbocycles. The summed E-state index contributed by atoms with van der Waals surface area (Å²) in [6, 6.07) is 5.32. The van der Waals surface area contributed by atoms with Gasteiger partial charge in [-0.05, 0) is 13.0 Å². The molecular weight excluding hydrogens is 260 g/mol. The topological polar surface area (TPSA) is 94.1 Å². The molecule has 0 fully saturated rings. The summed E-state index contributed by atoms with van der Waals surface area (Å²) < 4.78 is 5.12. The Morgan fingerprint density at radius 2 is 2.20 bits per heavy atom. The van der Waals surface area contributed by atoms with Crippen LogP contribution in [0.3, 0.4) is 0 Å². The fourth-order valence-corrected chi connectivity index (χ4v) is 1.80. The van der Waals surface area contributed by atoms with Gasteiger partial charge in [0.1, 0.15) is 5.56 Å². The number of aryl methyl sites for hydroxylation is 1. The minimum atomic E-state index is -0.430. The molecule has 0 saturated carbocycles. The zero-order chi connectivity index (χ0) is 14.7. The highest BCUT2D eigenvalue weighted by Crippen LogP contribution is 2.31. The maximum Gasteiger partial charge on any atom is 0.285 e. The van der Waals surface area contributed by atoms with Crippen molar-refractivity contribution in [3.05, 3.63) is 39.7 Å². The van der Waals surface area contributed by atoms with Gasteiger partial charge in [-0.25, -0.2) is 0 Å². The molecule has 0 amide bonds. The standard InChI is InChI=1S/C13H16N4O3/c1-8(2)14-7-11-15-13(20-16-11)10-6-4-5-9(3)12(10)17(18)19/h4-6,8,14H,7H2,1-3H3. The van der Waals surface area contributed by atoms with Crippen molar-refractivity contribution in [2.45, 2.75) is 33.4 Å². The SMILES string of the molecule is Cc1cccc(-c2nc(CNC(C)C)no2)c1[N+](=O)[O-]. The first-order valence-corrected chi connectivity index (χ1v) is 6.29. The molecule has 7 heteroatoms. The molecule has 0 unspecified atom stereocenters. The van der Waals surface area contributed by atoms with Gasteiger partial charge in [-0.3, -0.25) is 10.1 Å². The van der Waals surface area contributed by atoms with E-state index in [1.807, 2.05) is 13.8 Å². The largest absolute Gasteiger partial charge is 0.334 e. The van der Waals surface area contributed by atoms with E-state index in [0.29, 0.717) is 29.5 Å². The highest BCUT2D eigenvalue weighted by atomic mass is 16.6. The van der Waals surface area contributed by atoms with E-state index in [2.05, 4.69) is 15.5 Å². The quantitative estimate of drug-likeness (QED) is 0.665. The Bertz CT molecular complexity index is 622. The number of aromatic nitrogens is 2. The van der Waals surface area contributed by atoms with E-state index in [0.717, 1.165) is 0 Å². The van der Waals surface area contributed by atoms with Crippen LogP contribution in [0.1, 0.15) is 25.2 Å². The van der Waals surface area contributed by atoms with Crippen LogP contribution in [0.4, 0.5) is 5.69 Å². The lowest BCUT2D eigenvalue weighted by atomic mass is 10.1. The second-order valence-corrected chi connectivity index (χ2v) is 4.78. The average Bonchev–Trinajstić information content (AvgIpc) is 2.84. The lowest BCUT2D eigenvalue weighted by molar-refractivity contribution is -0.384. The molecule has 0 saturated heterocycles. The number of hydrogen-bond donors (Lipinski definition) is 1. The van der Waals surface area contributed by atoms with Gasteiger partial charge in [0.05, 0.1) is 11.5 Å². The van der Waals surface area contributed by atoms with Gasteiger partial charge in [-0.1, -0.05) is 31.1 Å². The Morgan fingerprint density at radius 1 is 1.45 bits per heavy atom. The number of nitro groups is 1. The second kappa shape index (κ2) is 5.79. The van der Waals surface area contributed by atoms with Gasteiger partial charge in [-0.15, -0.1) is 0 Å². The summed E-state index contributed by atoms with van der Waals surface area (Å²) >= 11 is 0. The van der Waals surface area contributed by atoms with E-state index in [1.165, 1.54) is 0 Å². The smallest absolute Gasteiger partial charge is 0.285 e. The van der Waals surface area contributed by atoms with Crippen LogP contribution in [0.25, 0.3) is 11.5 Å². The summed E-state index contributed by atoms with van der Waals surface area (Å²) in [5.41, 5.74) is 0.908. The zero-order valence-corrected chi connectivity index (χ0v) is 11.6. The van der Waals surface area contributed by atoms with Crippen molar-refractivity contribution in [2.24, 2.45) is 0 Å². The number of rotatable bonds is 5. The lowest BCUT2D eigenvalue weighted by Crippen LogP contribution is -2.22. The van der Waals surface area contributed by atoms with Crippen LogP contribution in [0.5, 0.6) is 0 Å². The van der Waals surface area contributed by atoms with Gasteiger partial charge in [0.2, 0.25) is 0 Å². The van der Waals surface area contributed by atoms with Crippen molar-refractivity contribution < 1.29 is 9.45 Å². The van der Waals surface area contributed by atoms with E-state index in [-0.39, 0.29) is 11.6 Å². The Balaban J connectivity index is 2.33. The monoisotopic (exact) mass is 276 g/mol. The molecule has 2 rings (SSSR count). The van der Waals surface area contributed by atoms with Gasteiger partial charge in [0.15, 0.2) is 5.82 Å². The second-order valence-electron chi connectivity index (χ2n) is 4.78. The molecule has 0 radical (unpaired) electrons. The van der Waals surface area contributed by atoms with Gasteiger partial charge < -0.3 is 9.84 Å². The molecule has 106 valence electrons. The molecule has 1 N–H and O–H groups in total. The first-order valence-electron chi connectivity index (χ1n) is 6.29. The van der Waals surface area contributed by atoms with E-state index in [1.54, 1.807) is 25.1 Å². The van der Waals surface area contributed by atoms with Crippen molar-refractivity contribution in [2.75, 3.05) is 0 Å². The number of para-hydroxylation sites is 1. The predicted molar refractivity (Wildman–Crippen MR) is 73.1 cm³/mol. The number of benzene rings is 1. The molecule has 0 bridgehead atoms. The van der Waals surface area contributed by atoms with Crippen molar-refractivity contribution in [1.29, 1.82) is 0 Å². The van der Waals surface area contributed by atoms with Crippen LogP contribution in [0.15, 0.2) is 22.7 Å². The lowest BCUT2D eigenvalue weighted by Gasteiger charge is -2.03. The summed E-state index contributed by atoms with van der Waals surface area (Å²) in [4.78, 5) is 14.9. The third kappa shape index (κ3) is 3.00. The summed E-state index contributed by atoms with van der Waals surface area (Å²) in [6.45, 7) is 6.15. The molecule has 0 aliphatic carbocycles. The zero-order valence-electron chi connectivity index (χ0n) is 11.6. The first kappa shape index (κ1) is 14.1. The maximum absolute atomic E-state index is 11.1. The Kier molecular flexibility index (Phi) is 4.09. The number of hydrogen-bond acceptors (Lipinski definition) is 6. The van der Waals surface area contributed by atoms with Crippen molar-refractivity contribution in [3.63, 3.8) is 0 Å². The molecule has 0 atom stereocenters. The minimum absolute atomic E-state index is 0.000446. The van der Waals surface area contributed by atoms with Crippen molar-refractivity contribution in [1.82, 2.24) is 15.5 Å². The van der Waals surface area contributed by atoms with Gasteiger partial charge in [0, 0.05) is 11.6 Å². The molecule has 1 heterocycles. The van der Waals surface area contributed by atoms with Gasteiger partial charge >= 0.3 is 0 Å². The molecule has 2 aromatic rings. The highest BCUT2D eigenvalue weighted by Gasteiger charge is 2.22. The first-order chi connectivity index (χ1) is 9.49. The number of nitro benzene ring substituents is 1. The molecule has 0 aliphatic rings. The van der Waals surface area contributed by atoms with Gasteiger partial charge in [0.25, 0.3) is 11.6 Å². The average molecular weight is 276 g/mol. The van der Waals surface area contributed by atoms with Crippen LogP contribution in [0.2, 0.25) is 0 Å². The summed E-state index contributed by atoms with van der Waals surface area (Å²) in [5.74, 6) is 0.644. The fraction of sp³-hybridized carbons (Fsp3) is 0.385. The summed E-state index contributed by atoms with van der Waals surface area (Å²) in [6.07, 6.45) is 0. The van der Waals surface area contributed by atoms with Crippen molar-refractivity contribution >= 4 is 5.69 Å². The summed E-state index contributed by atoms with van der Waals surface area (Å²) in [5, 5.41) is 18.1. The van der Waals surface area contributed by atoms with Crippen LogP contribution in [-0.4, -0.2) is 21.1 Å². The summed E-state index contributed by atoms with van der Waals surface area (Å²) in [7, 11) is 0. The van der Waals surface area contributed by atoms with Crippen LogP contribution in [0, 0.1) is 17.0 Å². The highest BCUT2D eigenvalue weighted by molar-refractivity contribution is 5.69. The fourth-order valence-electron chi connectivity index (χ4n) is 1.80. The Labute approximate surface area is 116 Å². The van der Waals surface area contributed by atoms with E-state index in [4.69, 9.17) is 4.52 Å². The van der Waals surface area contributed by atoms with Crippen molar-refractivity contribution in [3.8, 4) is 11.5 Å². The molecule has 7 nitrogen and oxygen atoms in total. The molecular formula is C13H16N4O3. The Morgan fingerprint density at radius 3 is 2.85 bits per heavy atom. The molecule has 1 aromatic heterocycles. The maximum atomic E-state index is 11.1. The minimum Gasteiger partial charge on any atom is -0.334 e. The number of nitrogens with zero attached hydrogens (tertiary/aromatic N) is 3. The van der Waals surface area contributed by atoms with E-state index < -0.39 is 4.92 Å². The number of nitrogens with one attached hydrogen (secondary N) is 1. The van der Waals surface area contributed by atoms with E-state index >= 15 is 0 Å². The van der Waals surface area contributed by atoms with E-state index in [9.17, 15) is 10.1 Å². The molecule has 0 aliphatic heterocycles. The van der Waals surface area contributed by atoms with Crippen LogP contribution < -0.4 is 5.32 Å².